The first-order valence-corrected chi connectivity index (χ1v) is 7.78. The lowest BCUT2D eigenvalue weighted by Gasteiger charge is -2.31. The number of nitrogens with one attached hydrogen (secondary N) is 2. The van der Waals surface area contributed by atoms with Crippen molar-refractivity contribution in [3.63, 3.8) is 0 Å². The molecule has 2 N–H and O–H groups in total. The Labute approximate surface area is 121 Å². The Hall–Kier alpha value is -1.36. The van der Waals surface area contributed by atoms with Crippen LogP contribution in [-0.2, 0) is 4.79 Å². The zero-order valence-corrected chi connectivity index (χ0v) is 12.4. The fraction of sp³-hybridized carbons (Fsp3) is 0.733. The summed E-state index contributed by atoms with van der Waals surface area (Å²) in [5.74, 6) is 1.64. The number of unbranched alkanes of at least 4 members (excludes halogenated alkanes) is 2. The highest BCUT2D eigenvalue weighted by molar-refractivity contribution is 5.77. The first kappa shape index (κ1) is 15.0. The third-order valence-corrected chi connectivity index (χ3v) is 3.88. The van der Waals surface area contributed by atoms with Crippen molar-refractivity contribution < 1.29 is 4.79 Å². The van der Waals surface area contributed by atoms with Crippen molar-refractivity contribution in [3.8, 4) is 0 Å². The van der Waals surface area contributed by atoms with Crippen LogP contribution in [0.15, 0.2) is 12.4 Å². The largest absolute Gasteiger partial charge is 0.355 e. The highest BCUT2D eigenvalue weighted by atomic mass is 16.2. The molecule has 20 heavy (non-hydrogen) atoms. The number of carbonyl (C=O) groups is 1. The number of aromatic nitrogens is 2. The van der Waals surface area contributed by atoms with Gasteiger partial charge in [0.1, 0.15) is 5.82 Å². The summed E-state index contributed by atoms with van der Waals surface area (Å²) < 4.78 is 0. The number of hydrogen-bond acceptors (Lipinski definition) is 3. The Kier molecular flexibility index (Phi) is 6.05. The number of H-pyrrole nitrogens is 1. The molecule has 1 aliphatic heterocycles. The van der Waals surface area contributed by atoms with Crippen LogP contribution in [0.2, 0.25) is 0 Å². The third-order valence-electron chi connectivity index (χ3n) is 3.88. The van der Waals surface area contributed by atoms with E-state index in [4.69, 9.17) is 0 Å². The first-order chi connectivity index (χ1) is 9.79. The molecule has 0 saturated carbocycles. The number of likely N-dealkylation sites (tertiary alicyclic amines) is 1. The Morgan fingerprint density at radius 1 is 1.55 bits per heavy atom. The Bertz CT molecular complexity index is 391. The summed E-state index contributed by atoms with van der Waals surface area (Å²) in [4.78, 5) is 21.7. The number of nitrogens with zero attached hydrogens (tertiary/aromatic N) is 2. The number of piperidine rings is 1. The van der Waals surface area contributed by atoms with E-state index in [9.17, 15) is 4.79 Å². The van der Waals surface area contributed by atoms with E-state index in [1.54, 1.807) is 6.20 Å². The summed E-state index contributed by atoms with van der Waals surface area (Å²) in [6, 6.07) is 0. The van der Waals surface area contributed by atoms with Crippen LogP contribution in [0.3, 0.4) is 0 Å². The predicted molar refractivity (Wildman–Crippen MR) is 79.5 cm³/mol. The lowest BCUT2D eigenvalue weighted by molar-refractivity contribution is -0.122. The molecule has 1 aromatic heterocycles. The summed E-state index contributed by atoms with van der Waals surface area (Å²) in [6.45, 7) is 5.44. The Morgan fingerprint density at radius 2 is 2.45 bits per heavy atom. The minimum Gasteiger partial charge on any atom is -0.355 e. The molecule has 1 fully saturated rings. The molecule has 0 radical (unpaired) electrons. The molecule has 112 valence electrons. The van der Waals surface area contributed by atoms with Crippen LogP contribution in [0.5, 0.6) is 0 Å². The van der Waals surface area contributed by atoms with Gasteiger partial charge in [-0.15, -0.1) is 0 Å². The van der Waals surface area contributed by atoms with E-state index in [2.05, 4.69) is 27.1 Å². The van der Waals surface area contributed by atoms with E-state index >= 15 is 0 Å². The van der Waals surface area contributed by atoms with Gasteiger partial charge >= 0.3 is 0 Å². The van der Waals surface area contributed by atoms with Gasteiger partial charge in [0.2, 0.25) is 5.91 Å². The van der Waals surface area contributed by atoms with Gasteiger partial charge in [-0.25, -0.2) is 4.98 Å². The van der Waals surface area contributed by atoms with Gasteiger partial charge in [-0.05, 0) is 25.8 Å². The molecule has 5 nitrogen and oxygen atoms in total. The van der Waals surface area contributed by atoms with Crippen LogP contribution >= 0.6 is 0 Å². The average molecular weight is 278 g/mol. The van der Waals surface area contributed by atoms with Gasteiger partial charge in [0.25, 0.3) is 0 Å². The molecular weight excluding hydrogens is 252 g/mol. The van der Waals surface area contributed by atoms with Gasteiger partial charge in [-0.3, -0.25) is 9.69 Å². The van der Waals surface area contributed by atoms with Gasteiger partial charge in [0.05, 0.1) is 6.54 Å². The van der Waals surface area contributed by atoms with Crippen LogP contribution in [0.25, 0.3) is 0 Å². The van der Waals surface area contributed by atoms with Crippen LogP contribution < -0.4 is 5.32 Å². The Balaban J connectivity index is 1.71. The van der Waals surface area contributed by atoms with Crippen LogP contribution in [-0.4, -0.2) is 47.0 Å². The fourth-order valence-corrected chi connectivity index (χ4v) is 2.78. The van der Waals surface area contributed by atoms with Crippen molar-refractivity contribution >= 4 is 5.91 Å². The molecule has 0 unspecified atom stereocenters. The minimum atomic E-state index is 0.154. The lowest BCUT2D eigenvalue weighted by atomic mass is 9.97. The van der Waals surface area contributed by atoms with Crippen molar-refractivity contribution in [1.82, 2.24) is 20.2 Å². The monoisotopic (exact) mass is 278 g/mol. The second kappa shape index (κ2) is 8.04. The van der Waals surface area contributed by atoms with Crippen LogP contribution in [0, 0.1) is 0 Å². The average Bonchev–Trinajstić information content (AvgIpc) is 2.98. The van der Waals surface area contributed by atoms with Gasteiger partial charge < -0.3 is 10.3 Å². The topological polar surface area (TPSA) is 61.0 Å². The van der Waals surface area contributed by atoms with Gasteiger partial charge in [-0.2, -0.15) is 0 Å². The smallest absolute Gasteiger partial charge is 0.234 e. The van der Waals surface area contributed by atoms with Crippen molar-refractivity contribution in [3.05, 3.63) is 18.2 Å². The number of hydrogen-bond donors (Lipinski definition) is 2. The van der Waals surface area contributed by atoms with E-state index in [-0.39, 0.29) is 5.91 Å². The molecule has 0 bridgehead atoms. The predicted octanol–water partition coefficient (Wildman–Crippen LogP) is 1.90. The maximum Gasteiger partial charge on any atom is 0.234 e. The molecule has 0 aromatic carbocycles. The quantitative estimate of drug-likeness (QED) is 0.749. The lowest BCUT2D eigenvalue weighted by Crippen LogP contribution is -2.42. The molecule has 1 aliphatic rings. The van der Waals surface area contributed by atoms with E-state index in [1.807, 2.05) is 6.20 Å². The highest BCUT2D eigenvalue weighted by Crippen LogP contribution is 2.23. The number of carbonyl (C=O) groups excluding carboxylic acids is 1. The van der Waals surface area contributed by atoms with Crippen molar-refractivity contribution in [2.24, 2.45) is 0 Å². The number of imidazole rings is 1. The van der Waals surface area contributed by atoms with E-state index in [0.29, 0.717) is 12.5 Å². The molecule has 1 amide bonds. The summed E-state index contributed by atoms with van der Waals surface area (Å²) in [7, 11) is 0. The molecule has 5 heteroatoms. The molecule has 0 aliphatic carbocycles. The molecular formula is C15H26N4O. The molecule has 1 saturated heterocycles. The first-order valence-electron chi connectivity index (χ1n) is 7.78. The Morgan fingerprint density at radius 3 is 3.20 bits per heavy atom. The van der Waals surface area contributed by atoms with Gasteiger partial charge in [-0.1, -0.05) is 19.8 Å². The normalized spacial score (nSPS) is 19.9. The second-order valence-electron chi connectivity index (χ2n) is 5.61. The number of rotatable bonds is 7. The summed E-state index contributed by atoms with van der Waals surface area (Å²) in [5, 5.41) is 3.01. The van der Waals surface area contributed by atoms with E-state index < -0.39 is 0 Å². The van der Waals surface area contributed by atoms with Crippen LogP contribution in [0.1, 0.15) is 50.8 Å². The molecule has 2 heterocycles. The highest BCUT2D eigenvalue weighted by Gasteiger charge is 2.24. The molecule has 1 atom stereocenters. The zero-order valence-electron chi connectivity index (χ0n) is 12.4. The van der Waals surface area contributed by atoms with Crippen LogP contribution in [0.4, 0.5) is 0 Å². The third kappa shape index (κ3) is 4.63. The summed E-state index contributed by atoms with van der Waals surface area (Å²) in [5.41, 5.74) is 0. The number of amides is 1. The van der Waals surface area contributed by atoms with Gasteiger partial charge in [0.15, 0.2) is 0 Å². The summed E-state index contributed by atoms with van der Waals surface area (Å²) >= 11 is 0. The molecule has 2 rings (SSSR count). The van der Waals surface area contributed by atoms with Gasteiger partial charge in [0, 0.05) is 31.4 Å². The van der Waals surface area contributed by atoms with Crippen molar-refractivity contribution in [2.75, 3.05) is 26.2 Å². The standard InChI is InChI=1S/C15H26N4O/c1-2-3-4-7-16-14(20)12-19-10-5-6-13(11-19)15-17-8-9-18-15/h8-9,13H,2-7,10-12H2,1H3,(H,16,20)(H,17,18)/t13-/m1/s1. The maximum atomic E-state index is 11.9. The van der Waals surface area contributed by atoms with Crippen molar-refractivity contribution in [2.45, 2.75) is 44.9 Å². The SMILES string of the molecule is CCCCCNC(=O)CN1CCC[C@@H](c2ncc[nH]2)C1. The summed E-state index contributed by atoms with van der Waals surface area (Å²) in [6.07, 6.45) is 9.41. The molecule has 0 spiro atoms. The second-order valence-corrected chi connectivity index (χ2v) is 5.61. The zero-order chi connectivity index (χ0) is 14.2. The van der Waals surface area contributed by atoms with E-state index in [1.165, 1.54) is 12.8 Å². The van der Waals surface area contributed by atoms with Crippen molar-refractivity contribution in [1.29, 1.82) is 0 Å². The minimum absolute atomic E-state index is 0.154. The van der Waals surface area contributed by atoms with E-state index in [0.717, 1.165) is 44.7 Å². The maximum absolute atomic E-state index is 11.9. The fourth-order valence-electron chi connectivity index (χ4n) is 2.78. The molecule has 1 aromatic rings. The number of aromatic amines is 1.